The first-order valence-electron chi connectivity index (χ1n) is 8.91. The van der Waals surface area contributed by atoms with Gasteiger partial charge in [0.25, 0.3) is 0 Å². The first kappa shape index (κ1) is 18.5. The van der Waals surface area contributed by atoms with Crippen LogP contribution in [0.1, 0.15) is 23.7 Å². The van der Waals surface area contributed by atoms with E-state index in [2.05, 4.69) is 15.5 Å². The smallest absolute Gasteiger partial charge is 0.238 e. The normalized spacial score (nSPS) is 14.5. The highest BCUT2D eigenvalue weighted by Gasteiger charge is 2.30. The van der Waals surface area contributed by atoms with Gasteiger partial charge in [-0.25, -0.2) is 4.39 Å². The Bertz CT molecular complexity index is 955. The van der Waals surface area contributed by atoms with Crippen LogP contribution in [0.15, 0.2) is 60.0 Å². The lowest BCUT2D eigenvalue weighted by Gasteiger charge is -2.17. The number of rotatable bonds is 7. The molecule has 4 rings (SSSR count). The van der Waals surface area contributed by atoms with Crippen molar-refractivity contribution in [1.29, 1.82) is 0 Å². The molecule has 144 valence electrons. The number of nitrogens with zero attached hydrogens (tertiary/aromatic N) is 3. The second-order valence-corrected chi connectivity index (χ2v) is 7.59. The molecular formula is C20H19FN4O2S. The summed E-state index contributed by atoms with van der Waals surface area (Å²) in [6.07, 6.45) is 3.59. The maximum absolute atomic E-state index is 13.4. The van der Waals surface area contributed by atoms with E-state index in [1.54, 1.807) is 25.6 Å². The fourth-order valence-electron chi connectivity index (χ4n) is 2.75. The van der Waals surface area contributed by atoms with Crippen molar-refractivity contribution in [3.05, 3.63) is 66.2 Å². The Labute approximate surface area is 166 Å². The van der Waals surface area contributed by atoms with Gasteiger partial charge < -0.3 is 10.1 Å². The number of amides is 1. The molecule has 0 saturated heterocycles. The Balaban J connectivity index is 1.62. The van der Waals surface area contributed by atoms with Crippen molar-refractivity contribution in [3.8, 4) is 11.4 Å². The van der Waals surface area contributed by atoms with Crippen LogP contribution in [0.2, 0.25) is 0 Å². The predicted molar refractivity (Wildman–Crippen MR) is 104 cm³/mol. The molecule has 0 spiro atoms. The maximum atomic E-state index is 13.4. The van der Waals surface area contributed by atoms with Crippen LogP contribution in [0.3, 0.4) is 0 Å². The molecule has 6 nitrogen and oxygen atoms in total. The maximum Gasteiger partial charge on any atom is 0.238 e. The van der Waals surface area contributed by atoms with E-state index in [-0.39, 0.29) is 17.8 Å². The number of hydrogen-bond donors (Lipinski definition) is 1. The van der Waals surface area contributed by atoms with E-state index in [1.165, 1.54) is 23.9 Å². The Morgan fingerprint density at radius 3 is 2.57 bits per heavy atom. The number of methoxy groups -OCH3 is 1. The molecule has 1 aliphatic carbocycles. The monoisotopic (exact) mass is 398 g/mol. The first-order valence-corrected chi connectivity index (χ1v) is 9.79. The summed E-state index contributed by atoms with van der Waals surface area (Å²) in [7, 11) is 1.61. The third kappa shape index (κ3) is 4.17. The molecule has 0 radical (unpaired) electrons. The zero-order valence-electron chi connectivity index (χ0n) is 15.2. The van der Waals surface area contributed by atoms with E-state index >= 15 is 0 Å². The van der Waals surface area contributed by atoms with Gasteiger partial charge in [-0.05, 0) is 54.8 Å². The molecule has 1 N–H and O–H groups in total. The number of benzene rings is 2. The third-order valence-electron chi connectivity index (χ3n) is 4.42. The third-order valence-corrected chi connectivity index (χ3v) is 5.64. The molecule has 1 aliphatic rings. The van der Waals surface area contributed by atoms with Crippen molar-refractivity contribution in [2.75, 3.05) is 7.11 Å². The summed E-state index contributed by atoms with van der Waals surface area (Å²) in [6, 6.07) is 13.7. The predicted octanol–water partition coefficient (Wildman–Crippen LogP) is 3.53. The molecule has 1 heterocycles. The van der Waals surface area contributed by atoms with Crippen LogP contribution in [0, 0.1) is 5.82 Å². The summed E-state index contributed by atoms with van der Waals surface area (Å²) in [5.41, 5.74) is 1.57. The van der Waals surface area contributed by atoms with Gasteiger partial charge in [0.1, 0.15) is 23.1 Å². The Hall–Kier alpha value is -2.87. The SMILES string of the molecule is COc1ccc(-n2cnnc2S[C@@H](C(=O)NC2CC2)c2ccc(F)cc2)cc1. The molecule has 3 aromatic rings. The van der Waals surface area contributed by atoms with Crippen LogP contribution in [0.4, 0.5) is 4.39 Å². The van der Waals surface area contributed by atoms with E-state index in [0.717, 1.165) is 24.3 Å². The van der Waals surface area contributed by atoms with E-state index < -0.39 is 5.25 Å². The highest BCUT2D eigenvalue weighted by molar-refractivity contribution is 8.00. The number of nitrogens with one attached hydrogen (secondary N) is 1. The fourth-order valence-corrected chi connectivity index (χ4v) is 3.78. The van der Waals surface area contributed by atoms with Gasteiger partial charge >= 0.3 is 0 Å². The summed E-state index contributed by atoms with van der Waals surface area (Å²) in [5.74, 6) is 0.305. The zero-order valence-corrected chi connectivity index (χ0v) is 16.0. The second-order valence-electron chi connectivity index (χ2n) is 6.51. The lowest BCUT2D eigenvalue weighted by molar-refractivity contribution is -0.120. The Morgan fingerprint density at radius 1 is 1.21 bits per heavy atom. The summed E-state index contributed by atoms with van der Waals surface area (Å²) in [4.78, 5) is 12.8. The minimum atomic E-state index is -0.553. The van der Waals surface area contributed by atoms with E-state index in [0.29, 0.717) is 10.7 Å². The van der Waals surface area contributed by atoms with Crippen molar-refractivity contribution in [2.24, 2.45) is 0 Å². The van der Waals surface area contributed by atoms with Crippen molar-refractivity contribution < 1.29 is 13.9 Å². The van der Waals surface area contributed by atoms with Gasteiger partial charge in [-0.1, -0.05) is 23.9 Å². The number of ether oxygens (including phenoxy) is 1. The lowest BCUT2D eigenvalue weighted by atomic mass is 10.1. The molecule has 0 unspecified atom stereocenters. The van der Waals surface area contributed by atoms with E-state index in [9.17, 15) is 9.18 Å². The Kier molecular flexibility index (Phi) is 5.29. The molecule has 1 saturated carbocycles. The summed E-state index contributed by atoms with van der Waals surface area (Å²) in [5, 5.41) is 11.2. The molecule has 0 bridgehead atoms. The van der Waals surface area contributed by atoms with Crippen molar-refractivity contribution in [3.63, 3.8) is 0 Å². The summed E-state index contributed by atoms with van der Waals surface area (Å²) < 4.78 is 20.4. The van der Waals surface area contributed by atoms with Gasteiger partial charge in [-0.2, -0.15) is 0 Å². The van der Waals surface area contributed by atoms with Gasteiger partial charge in [0, 0.05) is 11.7 Å². The molecule has 1 atom stereocenters. The van der Waals surface area contributed by atoms with Crippen LogP contribution in [-0.4, -0.2) is 33.8 Å². The van der Waals surface area contributed by atoms with E-state index in [1.807, 2.05) is 28.8 Å². The second kappa shape index (κ2) is 8.02. The number of aromatic nitrogens is 3. The molecule has 8 heteroatoms. The van der Waals surface area contributed by atoms with Crippen molar-refractivity contribution >= 4 is 17.7 Å². The average Bonchev–Trinajstić information content (AvgIpc) is 3.41. The standard InChI is InChI=1S/C20H19FN4O2S/c1-27-17-10-8-16(9-11-17)25-12-22-24-20(25)28-18(19(26)23-15-6-7-15)13-2-4-14(21)5-3-13/h2-5,8-12,15,18H,6-7H2,1H3,(H,23,26)/t18-/m1/s1. The highest BCUT2D eigenvalue weighted by atomic mass is 32.2. The van der Waals surface area contributed by atoms with Gasteiger partial charge in [0.15, 0.2) is 5.16 Å². The fraction of sp³-hybridized carbons (Fsp3) is 0.250. The minimum Gasteiger partial charge on any atom is -0.497 e. The van der Waals surface area contributed by atoms with Crippen LogP contribution < -0.4 is 10.1 Å². The van der Waals surface area contributed by atoms with E-state index in [4.69, 9.17) is 4.74 Å². The zero-order chi connectivity index (χ0) is 19.5. The van der Waals surface area contributed by atoms with Crippen LogP contribution >= 0.6 is 11.8 Å². The van der Waals surface area contributed by atoms with Crippen LogP contribution in [0.25, 0.3) is 5.69 Å². The highest BCUT2D eigenvalue weighted by Crippen LogP contribution is 2.36. The minimum absolute atomic E-state index is 0.108. The molecule has 1 amide bonds. The topological polar surface area (TPSA) is 69.0 Å². The van der Waals surface area contributed by atoms with Gasteiger partial charge in [0.2, 0.25) is 5.91 Å². The summed E-state index contributed by atoms with van der Waals surface area (Å²) >= 11 is 1.29. The molecule has 28 heavy (non-hydrogen) atoms. The number of thioether (sulfide) groups is 1. The molecule has 2 aromatic carbocycles. The molecule has 1 fully saturated rings. The van der Waals surface area contributed by atoms with Crippen LogP contribution in [-0.2, 0) is 4.79 Å². The lowest BCUT2D eigenvalue weighted by Crippen LogP contribution is -2.30. The van der Waals surface area contributed by atoms with Gasteiger partial charge in [-0.3, -0.25) is 9.36 Å². The molecule has 0 aliphatic heterocycles. The number of halogens is 1. The first-order chi connectivity index (χ1) is 13.6. The summed E-state index contributed by atoms with van der Waals surface area (Å²) in [6.45, 7) is 0. The largest absolute Gasteiger partial charge is 0.497 e. The van der Waals surface area contributed by atoms with Gasteiger partial charge in [-0.15, -0.1) is 10.2 Å². The van der Waals surface area contributed by atoms with Crippen molar-refractivity contribution in [1.82, 2.24) is 20.1 Å². The number of carbonyl (C=O) groups excluding carboxylic acids is 1. The average molecular weight is 398 g/mol. The van der Waals surface area contributed by atoms with Gasteiger partial charge in [0.05, 0.1) is 7.11 Å². The number of hydrogen-bond acceptors (Lipinski definition) is 5. The van der Waals surface area contributed by atoms with Crippen molar-refractivity contribution in [2.45, 2.75) is 29.3 Å². The number of carbonyl (C=O) groups is 1. The molecular weight excluding hydrogens is 379 g/mol. The van der Waals surface area contributed by atoms with Crippen LogP contribution in [0.5, 0.6) is 5.75 Å². The molecule has 1 aromatic heterocycles. The quantitative estimate of drug-likeness (QED) is 0.617. The Morgan fingerprint density at radius 2 is 1.93 bits per heavy atom.